The van der Waals surface area contributed by atoms with Crippen LogP contribution in [0.4, 0.5) is 0 Å². The number of ether oxygens (including phenoxy) is 1. The van der Waals surface area contributed by atoms with Crippen LogP contribution in [0.3, 0.4) is 0 Å². The van der Waals surface area contributed by atoms with Crippen molar-refractivity contribution in [1.29, 1.82) is 0 Å². The molecule has 0 saturated carbocycles. The molecule has 0 fully saturated rings. The summed E-state index contributed by atoms with van der Waals surface area (Å²) in [6.07, 6.45) is 4.34. The Labute approximate surface area is 147 Å². The Morgan fingerprint density at radius 2 is 2.00 bits per heavy atom. The van der Waals surface area contributed by atoms with E-state index < -0.39 is 0 Å². The summed E-state index contributed by atoms with van der Waals surface area (Å²) in [6, 6.07) is 8.59. The highest BCUT2D eigenvalue weighted by molar-refractivity contribution is 5.94. The summed E-state index contributed by atoms with van der Waals surface area (Å²) in [6.45, 7) is 5.49. The molecular formula is C19H25N3O3. The normalized spacial score (nSPS) is 10.5. The average molecular weight is 343 g/mol. The molecule has 1 heterocycles. The van der Waals surface area contributed by atoms with Gasteiger partial charge in [0.25, 0.3) is 11.5 Å². The van der Waals surface area contributed by atoms with Crippen LogP contribution in [0.2, 0.25) is 0 Å². The second-order valence-corrected chi connectivity index (χ2v) is 5.75. The predicted molar refractivity (Wildman–Crippen MR) is 97.1 cm³/mol. The van der Waals surface area contributed by atoms with Crippen molar-refractivity contribution in [3.8, 4) is 5.75 Å². The standard InChI is InChI=1S/C19H25N3O3/c1-3-5-12-25-17-8-6-15(7-9-17)19(24)20-10-11-22-14-21-16(4-2)13-18(22)23/h6-9,13-14H,3-5,10-12H2,1-2H3,(H,20,24). The summed E-state index contributed by atoms with van der Waals surface area (Å²) in [4.78, 5) is 28.2. The third-order valence-corrected chi connectivity index (χ3v) is 3.82. The van der Waals surface area contributed by atoms with Crippen molar-refractivity contribution < 1.29 is 9.53 Å². The smallest absolute Gasteiger partial charge is 0.253 e. The first-order valence-corrected chi connectivity index (χ1v) is 8.70. The lowest BCUT2D eigenvalue weighted by atomic mass is 10.2. The van der Waals surface area contributed by atoms with Crippen LogP contribution in [0, 0.1) is 0 Å². The van der Waals surface area contributed by atoms with Gasteiger partial charge in [0.05, 0.1) is 12.9 Å². The first-order valence-electron chi connectivity index (χ1n) is 8.70. The highest BCUT2D eigenvalue weighted by Gasteiger charge is 2.06. The zero-order chi connectivity index (χ0) is 18.1. The van der Waals surface area contributed by atoms with E-state index in [4.69, 9.17) is 4.74 Å². The third kappa shape index (κ3) is 5.74. The van der Waals surface area contributed by atoms with Gasteiger partial charge in [-0.25, -0.2) is 4.98 Å². The Kier molecular flexibility index (Phi) is 7.19. The molecule has 6 nitrogen and oxygen atoms in total. The largest absolute Gasteiger partial charge is 0.494 e. The molecule has 0 atom stereocenters. The van der Waals surface area contributed by atoms with E-state index >= 15 is 0 Å². The van der Waals surface area contributed by atoms with E-state index in [-0.39, 0.29) is 11.5 Å². The highest BCUT2D eigenvalue weighted by atomic mass is 16.5. The Bertz CT molecular complexity index is 738. The summed E-state index contributed by atoms with van der Waals surface area (Å²) < 4.78 is 7.07. The fraction of sp³-hybridized carbons (Fsp3) is 0.421. The zero-order valence-electron chi connectivity index (χ0n) is 14.8. The van der Waals surface area contributed by atoms with Crippen molar-refractivity contribution in [2.45, 2.75) is 39.7 Å². The van der Waals surface area contributed by atoms with Crippen LogP contribution in [0.15, 0.2) is 41.5 Å². The number of carbonyl (C=O) groups is 1. The van der Waals surface area contributed by atoms with Crippen LogP contribution in [-0.4, -0.2) is 28.6 Å². The van der Waals surface area contributed by atoms with Crippen LogP contribution in [0.25, 0.3) is 0 Å². The van der Waals surface area contributed by atoms with Crippen molar-refractivity contribution in [3.63, 3.8) is 0 Å². The van der Waals surface area contributed by atoms with Gasteiger partial charge in [0.15, 0.2) is 0 Å². The molecule has 1 amide bonds. The van der Waals surface area contributed by atoms with Gasteiger partial charge in [-0.1, -0.05) is 20.3 Å². The molecule has 6 heteroatoms. The van der Waals surface area contributed by atoms with E-state index in [1.807, 2.05) is 6.92 Å². The minimum Gasteiger partial charge on any atom is -0.494 e. The number of aromatic nitrogens is 2. The number of unbranched alkanes of at least 4 members (excludes halogenated alkanes) is 1. The Balaban J connectivity index is 1.83. The lowest BCUT2D eigenvalue weighted by molar-refractivity contribution is 0.0952. The molecule has 0 unspecified atom stereocenters. The van der Waals surface area contributed by atoms with Crippen LogP contribution in [0.5, 0.6) is 5.75 Å². The maximum atomic E-state index is 12.1. The third-order valence-electron chi connectivity index (χ3n) is 3.82. The van der Waals surface area contributed by atoms with Gasteiger partial charge in [0.1, 0.15) is 5.75 Å². The van der Waals surface area contributed by atoms with Gasteiger partial charge < -0.3 is 10.1 Å². The van der Waals surface area contributed by atoms with Gasteiger partial charge in [-0.15, -0.1) is 0 Å². The zero-order valence-corrected chi connectivity index (χ0v) is 14.8. The minimum atomic E-state index is -0.175. The molecule has 0 radical (unpaired) electrons. The fourth-order valence-electron chi connectivity index (χ4n) is 2.25. The maximum absolute atomic E-state index is 12.1. The molecule has 0 saturated heterocycles. The molecule has 1 aromatic heterocycles. The fourth-order valence-corrected chi connectivity index (χ4v) is 2.25. The summed E-state index contributed by atoms with van der Waals surface area (Å²) in [5.41, 5.74) is 1.23. The molecule has 1 aromatic carbocycles. The van der Waals surface area contributed by atoms with Crippen LogP contribution in [0.1, 0.15) is 42.7 Å². The van der Waals surface area contributed by atoms with Crippen molar-refractivity contribution in [1.82, 2.24) is 14.9 Å². The van der Waals surface area contributed by atoms with E-state index in [2.05, 4.69) is 17.2 Å². The quantitative estimate of drug-likeness (QED) is 0.710. The molecule has 134 valence electrons. The summed E-state index contributed by atoms with van der Waals surface area (Å²) in [5, 5.41) is 2.81. The first kappa shape index (κ1) is 18.7. The molecule has 25 heavy (non-hydrogen) atoms. The predicted octanol–water partition coefficient (Wildman–Crippen LogP) is 2.41. The Morgan fingerprint density at radius 1 is 1.24 bits per heavy atom. The second-order valence-electron chi connectivity index (χ2n) is 5.75. The van der Waals surface area contributed by atoms with Gasteiger partial charge in [-0.05, 0) is 37.1 Å². The average Bonchev–Trinajstić information content (AvgIpc) is 2.63. The van der Waals surface area contributed by atoms with Crippen molar-refractivity contribution in [3.05, 3.63) is 58.3 Å². The van der Waals surface area contributed by atoms with Gasteiger partial charge in [-0.3, -0.25) is 14.2 Å². The van der Waals surface area contributed by atoms with Crippen molar-refractivity contribution >= 4 is 5.91 Å². The minimum absolute atomic E-state index is 0.102. The van der Waals surface area contributed by atoms with Gasteiger partial charge in [0.2, 0.25) is 0 Å². The number of hydrogen-bond donors (Lipinski definition) is 1. The lowest BCUT2D eigenvalue weighted by Crippen LogP contribution is -2.31. The van der Waals surface area contributed by atoms with Crippen LogP contribution >= 0.6 is 0 Å². The van der Waals surface area contributed by atoms with E-state index in [1.54, 1.807) is 24.3 Å². The molecule has 1 N–H and O–H groups in total. The van der Waals surface area contributed by atoms with Crippen LogP contribution in [-0.2, 0) is 13.0 Å². The van der Waals surface area contributed by atoms with E-state index in [1.165, 1.54) is 17.0 Å². The lowest BCUT2D eigenvalue weighted by Gasteiger charge is -2.09. The number of nitrogens with zero attached hydrogens (tertiary/aromatic N) is 2. The van der Waals surface area contributed by atoms with Crippen molar-refractivity contribution in [2.24, 2.45) is 0 Å². The molecule has 2 rings (SSSR count). The molecule has 0 bridgehead atoms. The molecule has 0 aliphatic heterocycles. The van der Waals surface area contributed by atoms with Crippen molar-refractivity contribution in [2.75, 3.05) is 13.2 Å². The molecule has 0 aliphatic carbocycles. The number of rotatable bonds is 9. The number of aryl methyl sites for hydroxylation is 1. The van der Waals surface area contributed by atoms with Gasteiger partial charge in [-0.2, -0.15) is 0 Å². The monoisotopic (exact) mass is 343 g/mol. The molecular weight excluding hydrogens is 318 g/mol. The SMILES string of the molecule is CCCCOc1ccc(C(=O)NCCn2cnc(CC)cc2=O)cc1. The number of carbonyl (C=O) groups excluding carboxylic acids is 1. The Hall–Kier alpha value is -2.63. The first-order chi connectivity index (χ1) is 12.1. The summed E-state index contributed by atoms with van der Waals surface area (Å²) in [5.74, 6) is 0.588. The molecule has 0 spiro atoms. The number of nitrogens with one attached hydrogen (secondary N) is 1. The molecule has 2 aromatic rings. The Morgan fingerprint density at radius 3 is 2.64 bits per heavy atom. The van der Waals surface area contributed by atoms with E-state index in [0.29, 0.717) is 25.3 Å². The molecule has 0 aliphatic rings. The van der Waals surface area contributed by atoms with E-state index in [0.717, 1.165) is 30.7 Å². The summed E-state index contributed by atoms with van der Waals surface area (Å²) >= 11 is 0. The summed E-state index contributed by atoms with van der Waals surface area (Å²) in [7, 11) is 0. The second kappa shape index (κ2) is 9.61. The van der Waals surface area contributed by atoms with Gasteiger partial charge in [0, 0.05) is 30.4 Å². The maximum Gasteiger partial charge on any atom is 0.253 e. The number of amides is 1. The van der Waals surface area contributed by atoms with Crippen LogP contribution < -0.4 is 15.6 Å². The number of benzene rings is 1. The topological polar surface area (TPSA) is 73.2 Å². The van der Waals surface area contributed by atoms with Gasteiger partial charge >= 0.3 is 0 Å². The van der Waals surface area contributed by atoms with E-state index in [9.17, 15) is 9.59 Å². The highest BCUT2D eigenvalue weighted by Crippen LogP contribution is 2.12. The number of hydrogen-bond acceptors (Lipinski definition) is 4.